The number of para-hydroxylation sites is 1. The molecule has 1 aliphatic carbocycles. The Bertz CT molecular complexity index is 1140. The van der Waals surface area contributed by atoms with Crippen molar-refractivity contribution in [1.82, 2.24) is 10.2 Å². The molecule has 0 unspecified atom stereocenters. The summed E-state index contributed by atoms with van der Waals surface area (Å²) < 4.78 is 0. The van der Waals surface area contributed by atoms with Crippen LogP contribution in [0.25, 0.3) is 22.0 Å². The number of nitrogens with zero attached hydrogens (tertiary/aromatic N) is 3. The van der Waals surface area contributed by atoms with Gasteiger partial charge in [0.1, 0.15) is 6.07 Å². The topological polar surface area (TPSA) is 90.7 Å². The Morgan fingerprint density at radius 2 is 2.11 bits per heavy atom. The van der Waals surface area contributed by atoms with Gasteiger partial charge < -0.3 is 10.6 Å². The molecular weight excluding hydrogens is 350 g/mol. The van der Waals surface area contributed by atoms with Crippen molar-refractivity contribution < 1.29 is 4.79 Å². The van der Waals surface area contributed by atoms with Crippen LogP contribution in [0, 0.1) is 17.2 Å². The highest BCUT2D eigenvalue weighted by Crippen LogP contribution is 2.37. The number of benzene rings is 2. The highest BCUT2D eigenvalue weighted by atomic mass is 16.1. The zero-order valence-electron chi connectivity index (χ0n) is 15.3. The molecule has 0 bridgehead atoms. The fourth-order valence-corrected chi connectivity index (χ4v) is 3.83. The van der Waals surface area contributed by atoms with Gasteiger partial charge in [-0.05, 0) is 35.6 Å². The van der Waals surface area contributed by atoms with E-state index in [1.54, 1.807) is 0 Å². The van der Waals surface area contributed by atoms with E-state index in [2.05, 4.69) is 26.9 Å². The summed E-state index contributed by atoms with van der Waals surface area (Å²) in [5.74, 6) is 0.838. The molecule has 0 atom stereocenters. The normalized spacial score (nSPS) is 15.2. The van der Waals surface area contributed by atoms with Crippen LogP contribution < -0.4 is 10.6 Å². The standard InChI is InChI=1S/C22H19N5O/c23-12-19-22(24-9-8-13-4-5-13)17-7-6-14(10-18(17)26-27-19)16-3-1-2-15-11-20(28)25-21(15)16/h1-3,6-7,10,13H,4-5,8-9,11H2,(H,24,26)(H,25,28). The van der Waals surface area contributed by atoms with Crippen LogP contribution in [0.5, 0.6) is 0 Å². The van der Waals surface area contributed by atoms with Gasteiger partial charge in [-0.2, -0.15) is 5.26 Å². The maximum Gasteiger partial charge on any atom is 0.228 e. The van der Waals surface area contributed by atoms with Crippen molar-refractivity contribution in [2.45, 2.75) is 25.7 Å². The Morgan fingerprint density at radius 1 is 1.21 bits per heavy atom. The van der Waals surface area contributed by atoms with E-state index >= 15 is 0 Å². The number of aromatic nitrogens is 2. The van der Waals surface area contributed by atoms with Crippen LogP contribution in [0.15, 0.2) is 36.4 Å². The largest absolute Gasteiger partial charge is 0.382 e. The molecule has 0 radical (unpaired) electrons. The molecule has 138 valence electrons. The molecule has 2 N–H and O–H groups in total. The molecular formula is C22H19N5O. The molecule has 2 heterocycles. The first-order valence-electron chi connectivity index (χ1n) is 9.59. The Labute approximate surface area is 162 Å². The van der Waals surface area contributed by atoms with Gasteiger partial charge in [-0.3, -0.25) is 4.79 Å². The van der Waals surface area contributed by atoms with Crippen molar-refractivity contribution in [3.05, 3.63) is 47.7 Å². The van der Waals surface area contributed by atoms with Crippen LogP contribution in [0.4, 0.5) is 11.4 Å². The van der Waals surface area contributed by atoms with E-state index in [1.807, 2.05) is 36.4 Å². The molecule has 3 aromatic rings. The van der Waals surface area contributed by atoms with E-state index in [1.165, 1.54) is 12.8 Å². The maximum atomic E-state index is 11.8. The summed E-state index contributed by atoms with van der Waals surface area (Å²) in [6.45, 7) is 0.833. The number of carbonyl (C=O) groups excluding carboxylic acids is 1. The van der Waals surface area contributed by atoms with E-state index in [0.29, 0.717) is 12.1 Å². The minimum Gasteiger partial charge on any atom is -0.382 e. The molecule has 1 aliphatic heterocycles. The van der Waals surface area contributed by atoms with E-state index in [-0.39, 0.29) is 5.91 Å². The SMILES string of the molecule is N#Cc1nnc2cc(-c3cccc4c3NC(=O)C4)ccc2c1NCCC1CC1. The number of carbonyl (C=O) groups is 1. The van der Waals surface area contributed by atoms with E-state index in [0.717, 1.165) is 57.9 Å². The monoisotopic (exact) mass is 369 g/mol. The predicted octanol–water partition coefficient (Wildman–Crippen LogP) is 3.88. The van der Waals surface area contributed by atoms with Crippen LogP contribution in [0.1, 0.15) is 30.5 Å². The van der Waals surface area contributed by atoms with Crippen molar-refractivity contribution in [2.75, 3.05) is 17.2 Å². The second-order valence-electron chi connectivity index (χ2n) is 7.49. The zero-order valence-corrected chi connectivity index (χ0v) is 15.3. The molecule has 1 saturated carbocycles. The molecule has 28 heavy (non-hydrogen) atoms. The number of hydrogen-bond acceptors (Lipinski definition) is 5. The third kappa shape index (κ3) is 2.95. The zero-order chi connectivity index (χ0) is 19.1. The molecule has 5 rings (SSSR count). The van der Waals surface area contributed by atoms with Gasteiger partial charge in [0.25, 0.3) is 0 Å². The Hall–Kier alpha value is -3.46. The number of nitrogens with one attached hydrogen (secondary N) is 2. The first-order chi connectivity index (χ1) is 13.7. The molecule has 1 amide bonds. The number of nitriles is 1. The number of amides is 1. The van der Waals surface area contributed by atoms with Crippen molar-refractivity contribution in [2.24, 2.45) is 5.92 Å². The number of anilines is 2. The highest BCUT2D eigenvalue weighted by molar-refractivity contribution is 6.04. The molecule has 1 aromatic heterocycles. The van der Waals surface area contributed by atoms with Crippen LogP contribution in [0.2, 0.25) is 0 Å². The molecule has 0 spiro atoms. The van der Waals surface area contributed by atoms with Gasteiger partial charge in [0.05, 0.1) is 23.3 Å². The van der Waals surface area contributed by atoms with Gasteiger partial charge in [0, 0.05) is 17.5 Å². The minimum atomic E-state index is 0.0174. The molecule has 2 aromatic carbocycles. The van der Waals surface area contributed by atoms with Gasteiger partial charge >= 0.3 is 0 Å². The van der Waals surface area contributed by atoms with E-state index < -0.39 is 0 Å². The van der Waals surface area contributed by atoms with Crippen LogP contribution in [-0.2, 0) is 11.2 Å². The molecule has 6 heteroatoms. The maximum absolute atomic E-state index is 11.8. The molecule has 1 fully saturated rings. The summed E-state index contributed by atoms with van der Waals surface area (Å²) in [5.41, 5.74) is 5.63. The van der Waals surface area contributed by atoms with Gasteiger partial charge in [-0.1, -0.05) is 37.1 Å². The van der Waals surface area contributed by atoms with Gasteiger partial charge in [0.2, 0.25) is 5.91 Å². The second-order valence-corrected chi connectivity index (χ2v) is 7.49. The van der Waals surface area contributed by atoms with Crippen LogP contribution in [0.3, 0.4) is 0 Å². The fraction of sp³-hybridized carbons (Fsp3) is 0.273. The minimum absolute atomic E-state index is 0.0174. The summed E-state index contributed by atoms with van der Waals surface area (Å²) in [6, 6.07) is 14.0. The lowest BCUT2D eigenvalue weighted by molar-refractivity contribution is -0.115. The van der Waals surface area contributed by atoms with Gasteiger partial charge in [-0.15, -0.1) is 10.2 Å². The van der Waals surface area contributed by atoms with E-state index in [4.69, 9.17) is 0 Å². The number of hydrogen-bond donors (Lipinski definition) is 2. The summed E-state index contributed by atoms with van der Waals surface area (Å²) in [6.07, 6.45) is 4.15. The average molecular weight is 369 g/mol. The summed E-state index contributed by atoms with van der Waals surface area (Å²) >= 11 is 0. The lowest BCUT2D eigenvalue weighted by Gasteiger charge is -2.12. The molecule has 0 saturated heterocycles. The quantitative estimate of drug-likeness (QED) is 0.712. The Balaban J connectivity index is 1.54. The van der Waals surface area contributed by atoms with Crippen LogP contribution >= 0.6 is 0 Å². The van der Waals surface area contributed by atoms with Crippen molar-refractivity contribution in [1.29, 1.82) is 5.26 Å². The van der Waals surface area contributed by atoms with Crippen molar-refractivity contribution in [3.8, 4) is 17.2 Å². The Morgan fingerprint density at radius 3 is 2.93 bits per heavy atom. The van der Waals surface area contributed by atoms with Crippen molar-refractivity contribution in [3.63, 3.8) is 0 Å². The summed E-state index contributed by atoms with van der Waals surface area (Å²) in [4.78, 5) is 11.8. The lowest BCUT2D eigenvalue weighted by atomic mass is 9.99. The number of rotatable bonds is 5. The van der Waals surface area contributed by atoms with E-state index in [9.17, 15) is 10.1 Å². The third-order valence-electron chi connectivity index (χ3n) is 5.50. The first-order valence-corrected chi connectivity index (χ1v) is 9.59. The van der Waals surface area contributed by atoms with Gasteiger partial charge in [0.15, 0.2) is 5.69 Å². The van der Waals surface area contributed by atoms with Crippen LogP contribution in [-0.4, -0.2) is 22.6 Å². The fourth-order valence-electron chi connectivity index (χ4n) is 3.83. The predicted molar refractivity (Wildman–Crippen MR) is 108 cm³/mol. The Kier molecular flexibility index (Phi) is 3.94. The average Bonchev–Trinajstić information content (AvgIpc) is 3.45. The molecule has 2 aliphatic rings. The highest BCUT2D eigenvalue weighted by Gasteiger charge is 2.22. The summed E-state index contributed by atoms with van der Waals surface area (Å²) in [7, 11) is 0. The van der Waals surface area contributed by atoms with Crippen molar-refractivity contribution >= 4 is 28.2 Å². The molecule has 6 nitrogen and oxygen atoms in total. The summed E-state index contributed by atoms with van der Waals surface area (Å²) in [5, 5.41) is 25.1. The second kappa shape index (κ2) is 6.61. The number of fused-ring (bicyclic) bond motifs is 2. The third-order valence-corrected chi connectivity index (χ3v) is 5.50. The van der Waals surface area contributed by atoms with Gasteiger partial charge in [-0.25, -0.2) is 0 Å². The lowest BCUT2D eigenvalue weighted by Crippen LogP contribution is -2.07. The smallest absolute Gasteiger partial charge is 0.228 e. The first kappa shape index (κ1) is 16.7.